The Morgan fingerprint density at radius 1 is 1.14 bits per heavy atom. The van der Waals surface area contributed by atoms with Crippen LogP contribution in [0.5, 0.6) is 5.88 Å². The van der Waals surface area contributed by atoms with Crippen LogP contribution in [0.3, 0.4) is 0 Å². The molecule has 1 aliphatic rings. The lowest BCUT2D eigenvalue weighted by Gasteiger charge is -2.36. The van der Waals surface area contributed by atoms with Gasteiger partial charge in [0.25, 0.3) is 6.43 Å². The molecule has 1 fully saturated rings. The number of nitrogens with zero attached hydrogens (tertiary/aromatic N) is 3. The van der Waals surface area contributed by atoms with Gasteiger partial charge in [0, 0.05) is 24.5 Å². The molecule has 2 aromatic heterocycles. The van der Waals surface area contributed by atoms with Gasteiger partial charge in [0.05, 0.1) is 16.8 Å². The third-order valence-corrected chi connectivity index (χ3v) is 5.80. The van der Waals surface area contributed by atoms with Crippen LogP contribution < -0.4 is 15.8 Å². The van der Waals surface area contributed by atoms with Crippen molar-refractivity contribution in [2.45, 2.75) is 31.7 Å². The molecule has 35 heavy (non-hydrogen) atoms. The normalized spacial score (nSPS) is 15.1. The number of hydrogen-bond donors (Lipinski definition) is 2. The summed E-state index contributed by atoms with van der Waals surface area (Å²) in [5, 5.41) is 2.82. The van der Waals surface area contributed by atoms with Gasteiger partial charge < -0.3 is 20.5 Å². The van der Waals surface area contributed by atoms with Gasteiger partial charge in [0.1, 0.15) is 18.1 Å². The topological polar surface area (TPSA) is 112 Å². The first-order chi connectivity index (χ1) is 16.8. The third kappa shape index (κ3) is 5.51. The average Bonchev–Trinajstić information content (AvgIpc) is 2.83. The summed E-state index contributed by atoms with van der Waals surface area (Å²) in [6.45, 7) is 2.50. The molecular formula is C24H24F3N5O3. The number of amides is 1. The van der Waals surface area contributed by atoms with Crippen molar-refractivity contribution < 1.29 is 27.4 Å². The maximum atomic E-state index is 13.6. The first kappa shape index (κ1) is 24.4. The molecule has 0 saturated carbocycles. The second kappa shape index (κ2) is 10.3. The number of nitrogens with one attached hydrogen (secondary N) is 1. The van der Waals surface area contributed by atoms with E-state index in [0.29, 0.717) is 54.8 Å². The maximum absolute atomic E-state index is 13.6. The number of alkyl halides is 2. The molecule has 11 heteroatoms. The van der Waals surface area contributed by atoms with E-state index in [1.807, 2.05) is 0 Å². The van der Waals surface area contributed by atoms with Crippen LogP contribution in [0.2, 0.25) is 0 Å². The van der Waals surface area contributed by atoms with Crippen LogP contribution in [0.1, 0.15) is 30.7 Å². The van der Waals surface area contributed by atoms with E-state index in [1.165, 1.54) is 30.3 Å². The van der Waals surface area contributed by atoms with Gasteiger partial charge in [0.15, 0.2) is 0 Å². The van der Waals surface area contributed by atoms with E-state index in [0.717, 1.165) is 0 Å². The van der Waals surface area contributed by atoms with Crippen molar-refractivity contribution in [3.63, 3.8) is 0 Å². The number of carbonyl (C=O) groups excluding carboxylic acids is 1. The highest BCUT2D eigenvalue weighted by atomic mass is 19.3. The smallest absolute Gasteiger partial charge is 0.280 e. The Bertz CT molecular complexity index is 1200. The van der Waals surface area contributed by atoms with Gasteiger partial charge in [0.2, 0.25) is 18.2 Å². The number of benzene rings is 1. The molecule has 1 aliphatic heterocycles. The van der Waals surface area contributed by atoms with Crippen LogP contribution in [0, 0.1) is 12.7 Å². The zero-order valence-electron chi connectivity index (χ0n) is 18.9. The molecule has 4 rings (SSSR count). The molecule has 0 atom stereocenters. The molecule has 3 heterocycles. The highest BCUT2D eigenvalue weighted by Gasteiger charge is 2.34. The van der Waals surface area contributed by atoms with E-state index < -0.39 is 23.5 Å². The van der Waals surface area contributed by atoms with Gasteiger partial charge in [-0.15, -0.1) is 0 Å². The molecule has 3 N–H and O–H groups in total. The summed E-state index contributed by atoms with van der Waals surface area (Å²) in [5.74, 6) is -0.525. The lowest BCUT2D eigenvalue weighted by atomic mass is 9.91. The molecule has 1 aromatic carbocycles. The van der Waals surface area contributed by atoms with E-state index in [4.69, 9.17) is 15.2 Å². The molecule has 184 valence electrons. The van der Waals surface area contributed by atoms with Gasteiger partial charge in [-0.1, -0.05) is 0 Å². The van der Waals surface area contributed by atoms with Crippen LogP contribution in [0.25, 0.3) is 22.4 Å². The second-order valence-electron chi connectivity index (χ2n) is 8.28. The number of rotatable bonds is 8. The van der Waals surface area contributed by atoms with Gasteiger partial charge in [-0.3, -0.25) is 9.78 Å². The summed E-state index contributed by atoms with van der Waals surface area (Å²) in [4.78, 5) is 23.8. The molecule has 0 bridgehead atoms. The zero-order valence-corrected chi connectivity index (χ0v) is 18.9. The molecule has 1 amide bonds. The minimum atomic E-state index is -2.80. The van der Waals surface area contributed by atoms with Crippen LogP contribution >= 0.6 is 0 Å². The molecule has 0 unspecified atom stereocenters. The number of ether oxygens (including phenoxy) is 2. The van der Waals surface area contributed by atoms with E-state index >= 15 is 0 Å². The molecule has 8 nitrogen and oxygen atoms in total. The van der Waals surface area contributed by atoms with Crippen molar-refractivity contribution in [3.05, 3.63) is 53.6 Å². The Morgan fingerprint density at radius 2 is 1.86 bits per heavy atom. The zero-order chi connectivity index (χ0) is 25.0. The van der Waals surface area contributed by atoms with Gasteiger partial charge in [-0.2, -0.15) is 4.98 Å². The number of hydrogen-bond acceptors (Lipinski definition) is 7. The fourth-order valence-electron chi connectivity index (χ4n) is 4.01. The summed E-state index contributed by atoms with van der Waals surface area (Å²) in [5.41, 5.74) is 6.62. The van der Waals surface area contributed by atoms with Crippen LogP contribution in [0.4, 0.5) is 19.1 Å². The van der Waals surface area contributed by atoms with E-state index in [-0.39, 0.29) is 24.1 Å². The quantitative estimate of drug-likeness (QED) is 0.464. The summed E-state index contributed by atoms with van der Waals surface area (Å²) in [6.07, 6.45) is -1.17. The van der Waals surface area contributed by atoms with E-state index in [9.17, 15) is 18.0 Å². The van der Waals surface area contributed by atoms with Crippen molar-refractivity contribution in [1.29, 1.82) is 0 Å². The molecule has 0 radical (unpaired) electrons. The average molecular weight is 487 g/mol. The number of pyridine rings is 1. The molecule has 0 spiro atoms. The number of halogens is 3. The van der Waals surface area contributed by atoms with Gasteiger partial charge in [-0.25, -0.2) is 18.2 Å². The fourth-order valence-corrected chi connectivity index (χ4v) is 4.01. The van der Waals surface area contributed by atoms with E-state index in [1.54, 1.807) is 13.0 Å². The van der Waals surface area contributed by atoms with E-state index in [2.05, 4.69) is 20.3 Å². The number of aromatic nitrogens is 3. The molecule has 3 aromatic rings. The Balaban J connectivity index is 1.86. The van der Waals surface area contributed by atoms with Crippen molar-refractivity contribution in [3.8, 4) is 28.3 Å². The largest absolute Gasteiger partial charge is 0.475 e. The number of anilines is 1. The second-order valence-corrected chi connectivity index (χ2v) is 8.28. The highest BCUT2D eigenvalue weighted by Crippen LogP contribution is 2.39. The SMILES string of the molecule is Cc1cc(-c2c(OCC3(NC=O)CCOCC3)nc(N)nc2-c2ccc(F)cc2)cc(C(F)F)n1. The van der Waals surface area contributed by atoms with Gasteiger partial charge in [-0.05, 0) is 61.7 Å². The lowest BCUT2D eigenvalue weighted by molar-refractivity contribution is -0.113. The fraction of sp³-hybridized carbons (Fsp3) is 0.333. The van der Waals surface area contributed by atoms with Crippen molar-refractivity contribution in [2.24, 2.45) is 0 Å². The van der Waals surface area contributed by atoms with Crippen LogP contribution in [-0.4, -0.2) is 46.7 Å². The lowest BCUT2D eigenvalue weighted by Crippen LogP contribution is -2.53. The van der Waals surface area contributed by atoms with Crippen LogP contribution in [0.15, 0.2) is 36.4 Å². The Morgan fingerprint density at radius 3 is 2.51 bits per heavy atom. The monoisotopic (exact) mass is 487 g/mol. The maximum Gasteiger partial charge on any atom is 0.280 e. The Labute approximate surface area is 199 Å². The first-order valence-corrected chi connectivity index (χ1v) is 10.9. The Kier molecular flexibility index (Phi) is 7.15. The summed E-state index contributed by atoms with van der Waals surface area (Å²) in [6, 6.07) is 8.35. The first-order valence-electron chi connectivity index (χ1n) is 10.9. The predicted octanol–water partition coefficient (Wildman–Crippen LogP) is 3.85. The number of carbonyl (C=O) groups is 1. The summed E-state index contributed by atoms with van der Waals surface area (Å²) >= 11 is 0. The van der Waals surface area contributed by atoms with Gasteiger partial charge >= 0.3 is 0 Å². The summed E-state index contributed by atoms with van der Waals surface area (Å²) in [7, 11) is 0. The van der Waals surface area contributed by atoms with Crippen LogP contribution in [-0.2, 0) is 9.53 Å². The molecular weight excluding hydrogens is 463 g/mol. The molecule has 0 aliphatic carbocycles. The van der Waals surface area contributed by atoms with Crippen molar-refractivity contribution >= 4 is 12.4 Å². The number of nitrogen functional groups attached to an aromatic ring is 1. The number of nitrogens with two attached hydrogens (primary N) is 1. The Hall–Kier alpha value is -3.73. The summed E-state index contributed by atoms with van der Waals surface area (Å²) < 4.78 is 52.2. The van der Waals surface area contributed by atoms with Crippen molar-refractivity contribution in [2.75, 3.05) is 25.6 Å². The standard InChI is InChI=1S/C24H24F3N5O3/c1-14-10-16(11-18(30-14)21(26)27)19-20(15-2-4-17(25)5-3-15)31-23(28)32-22(19)35-12-24(29-13-33)6-8-34-9-7-24/h2-5,10-11,13,21H,6-9,12H2,1H3,(H,29,33)(H2,28,31,32). The predicted molar refractivity (Wildman–Crippen MR) is 122 cm³/mol. The highest BCUT2D eigenvalue weighted by molar-refractivity contribution is 5.85. The number of aryl methyl sites for hydroxylation is 1. The minimum Gasteiger partial charge on any atom is -0.475 e. The van der Waals surface area contributed by atoms with Crippen molar-refractivity contribution in [1.82, 2.24) is 20.3 Å². The third-order valence-electron chi connectivity index (χ3n) is 5.80. The molecule has 1 saturated heterocycles. The minimum absolute atomic E-state index is 0.0349.